The van der Waals surface area contributed by atoms with Crippen molar-refractivity contribution in [3.05, 3.63) is 53.3 Å². The molecule has 104 valence electrons. The van der Waals surface area contributed by atoms with Crippen LogP contribution in [0, 0.1) is 6.92 Å². The highest BCUT2D eigenvalue weighted by atomic mass is 32.1. The fourth-order valence-corrected chi connectivity index (χ4v) is 1.79. The molecule has 0 radical (unpaired) electrons. The Balaban J connectivity index is 1.84. The lowest BCUT2D eigenvalue weighted by molar-refractivity contribution is 0.491. The minimum atomic E-state index is 0.567. The lowest BCUT2D eigenvalue weighted by atomic mass is 10.2. The van der Waals surface area contributed by atoms with E-state index in [-0.39, 0.29) is 0 Å². The molecular weight excluding hydrogens is 270 g/mol. The second-order valence-corrected chi connectivity index (χ2v) is 4.88. The van der Waals surface area contributed by atoms with Crippen LogP contribution in [0.5, 0.6) is 0 Å². The van der Waals surface area contributed by atoms with Crippen LogP contribution in [-0.4, -0.2) is 33.5 Å². The van der Waals surface area contributed by atoms with Crippen molar-refractivity contribution in [2.24, 2.45) is 5.10 Å². The summed E-state index contributed by atoms with van der Waals surface area (Å²) in [7, 11) is 1.93. The predicted molar refractivity (Wildman–Crippen MR) is 84.6 cm³/mol. The van der Waals surface area contributed by atoms with E-state index in [1.807, 2.05) is 43.1 Å². The second-order valence-electron chi connectivity index (χ2n) is 4.49. The van der Waals surface area contributed by atoms with Gasteiger partial charge in [-0.1, -0.05) is 30.3 Å². The Hall–Kier alpha value is -2.21. The van der Waals surface area contributed by atoms with Gasteiger partial charge >= 0.3 is 0 Å². The van der Waals surface area contributed by atoms with Gasteiger partial charge in [0.1, 0.15) is 5.69 Å². The molecule has 0 saturated carbocycles. The zero-order valence-electron chi connectivity index (χ0n) is 11.5. The van der Waals surface area contributed by atoms with Gasteiger partial charge in [-0.25, -0.2) is 0 Å². The summed E-state index contributed by atoms with van der Waals surface area (Å²) in [6.07, 6.45) is 1.63. The average Bonchev–Trinajstić information content (AvgIpc) is 2.85. The molecule has 0 spiro atoms. The standard InChI is InChI=1S/C14H17N5S/c1-11-8-13(17-16-11)9-15-18-14(20)19(2)10-12-6-4-3-5-7-12/h3-9H,10H2,1-2H3,(H,16,17)(H,18,20). The van der Waals surface area contributed by atoms with Crippen molar-refractivity contribution in [1.29, 1.82) is 0 Å². The van der Waals surface area contributed by atoms with Gasteiger partial charge in [-0.05, 0) is 30.8 Å². The Morgan fingerprint density at radius 2 is 2.20 bits per heavy atom. The zero-order chi connectivity index (χ0) is 14.4. The largest absolute Gasteiger partial charge is 0.347 e. The molecule has 0 aliphatic carbocycles. The maximum absolute atomic E-state index is 5.27. The molecule has 2 aromatic rings. The number of thiocarbonyl (C=S) groups is 1. The lowest BCUT2D eigenvalue weighted by Crippen LogP contribution is -2.33. The molecule has 0 aliphatic rings. The fraction of sp³-hybridized carbons (Fsp3) is 0.214. The van der Waals surface area contributed by atoms with Gasteiger partial charge in [0.05, 0.1) is 6.21 Å². The number of H-pyrrole nitrogens is 1. The maximum Gasteiger partial charge on any atom is 0.189 e. The van der Waals surface area contributed by atoms with E-state index in [0.717, 1.165) is 17.9 Å². The molecular formula is C14H17N5S. The van der Waals surface area contributed by atoms with E-state index in [0.29, 0.717) is 5.11 Å². The van der Waals surface area contributed by atoms with Crippen LogP contribution in [0.4, 0.5) is 0 Å². The molecule has 0 bridgehead atoms. The molecule has 6 heteroatoms. The van der Waals surface area contributed by atoms with Crippen molar-refractivity contribution in [2.75, 3.05) is 7.05 Å². The number of nitrogens with one attached hydrogen (secondary N) is 2. The Labute approximate surface area is 123 Å². The molecule has 20 heavy (non-hydrogen) atoms. The summed E-state index contributed by atoms with van der Waals surface area (Å²) in [4.78, 5) is 1.93. The fourth-order valence-electron chi connectivity index (χ4n) is 1.67. The summed E-state index contributed by atoms with van der Waals surface area (Å²) in [5.74, 6) is 0. The number of nitrogens with zero attached hydrogens (tertiary/aromatic N) is 3. The highest BCUT2D eigenvalue weighted by molar-refractivity contribution is 7.80. The molecule has 0 fully saturated rings. The van der Waals surface area contributed by atoms with Crippen LogP contribution >= 0.6 is 12.2 Å². The van der Waals surface area contributed by atoms with E-state index in [4.69, 9.17) is 12.2 Å². The van der Waals surface area contributed by atoms with Crippen molar-refractivity contribution in [1.82, 2.24) is 20.5 Å². The van der Waals surface area contributed by atoms with Gasteiger partial charge in [-0.15, -0.1) is 0 Å². The summed E-state index contributed by atoms with van der Waals surface area (Å²) in [5, 5.41) is 11.5. The maximum atomic E-state index is 5.27. The quantitative estimate of drug-likeness (QED) is 0.513. The first kappa shape index (κ1) is 14.2. The van der Waals surface area contributed by atoms with Crippen molar-refractivity contribution >= 4 is 23.5 Å². The van der Waals surface area contributed by atoms with Crippen LogP contribution in [0.15, 0.2) is 41.5 Å². The minimum Gasteiger partial charge on any atom is -0.347 e. The molecule has 1 heterocycles. The Morgan fingerprint density at radius 3 is 2.85 bits per heavy atom. The summed E-state index contributed by atoms with van der Waals surface area (Å²) < 4.78 is 0. The first-order chi connectivity index (χ1) is 9.65. The molecule has 0 aliphatic heterocycles. The predicted octanol–water partition coefficient (Wildman–Crippen LogP) is 2.06. The molecule has 0 amide bonds. The van der Waals surface area contributed by atoms with E-state index in [1.54, 1.807) is 6.21 Å². The van der Waals surface area contributed by atoms with Gasteiger partial charge < -0.3 is 4.90 Å². The van der Waals surface area contributed by atoms with E-state index < -0.39 is 0 Å². The Bertz CT molecular complexity index is 591. The zero-order valence-corrected chi connectivity index (χ0v) is 12.3. The highest BCUT2D eigenvalue weighted by Crippen LogP contribution is 2.02. The van der Waals surface area contributed by atoms with Gasteiger partial charge in [-0.3, -0.25) is 10.5 Å². The number of aromatic amines is 1. The van der Waals surface area contributed by atoms with Crippen LogP contribution in [0.2, 0.25) is 0 Å². The smallest absolute Gasteiger partial charge is 0.189 e. The summed E-state index contributed by atoms with van der Waals surface area (Å²) in [6, 6.07) is 12.1. The van der Waals surface area contributed by atoms with Crippen LogP contribution < -0.4 is 5.43 Å². The molecule has 2 rings (SSSR count). The minimum absolute atomic E-state index is 0.567. The normalized spacial score (nSPS) is 10.7. The van der Waals surface area contributed by atoms with E-state index >= 15 is 0 Å². The molecule has 2 N–H and O–H groups in total. The second kappa shape index (κ2) is 6.81. The molecule has 1 aromatic heterocycles. The summed E-state index contributed by atoms with van der Waals surface area (Å²) >= 11 is 5.27. The first-order valence-electron chi connectivity index (χ1n) is 6.25. The molecule has 0 saturated heterocycles. The number of hydrazone groups is 1. The third-order valence-corrected chi connectivity index (χ3v) is 3.09. The van der Waals surface area contributed by atoms with E-state index in [9.17, 15) is 0 Å². The number of aromatic nitrogens is 2. The monoisotopic (exact) mass is 287 g/mol. The number of hydrogen-bond donors (Lipinski definition) is 2. The lowest BCUT2D eigenvalue weighted by Gasteiger charge is -2.18. The highest BCUT2D eigenvalue weighted by Gasteiger charge is 2.03. The molecule has 0 unspecified atom stereocenters. The van der Waals surface area contributed by atoms with Crippen molar-refractivity contribution in [3.63, 3.8) is 0 Å². The van der Waals surface area contributed by atoms with Crippen molar-refractivity contribution in [3.8, 4) is 0 Å². The van der Waals surface area contributed by atoms with Crippen molar-refractivity contribution < 1.29 is 0 Å². The number of benzene rings is 1. The number of aryl methyl sites for hydroxylation is 1. The van der Waals surface area contributed by atoms with Crippen molar-refractivity contribution in [2.45, 2.75) is 13.5 Å². The molecule has 1 aromatic carbocycles. The average molecular weight is 287 g/mol. The third-order valence-electron chi connectivity index (χ3n) is 2.69. The Kier molecular flexibility index (Phi) is 4.84. The first-order valence-corrected chi connectivity index (χ1v) is 6.66. The van der Waals surface area contributed by atoms with Gasteiger partial charge in [0.15, 0.2) is 5.11 Å². The molecule has 5 nitrogen and oxygen atoms in total. The van der Waals surface area contributed by atoms with Crippen LogP contribution in [-0.2, 0) is 6.54 Å². The topological polar surface area (TPSA) is 56.3 Å². The van der Waals surface area contributed by atoms with Gasteiger partial charge in [0.25, 0.3) is 0 Å². The number of rotatable bonds is 4. The van der Waals surface area contributed by atoms with E-state index in [2.05, 4.69) is 32.9 Å². The number of hydrogen-bond acceptors (Lipinski definition) is 3. The van der Waals surface area contributed by atoms with Gasteiger partial charge in [0.2, 0.25) is 0 Å². The molecule has 0 atom stereocenters. The van der Waals surface area contributed by atoms with Crippen LogP contribution in [0.25, 0.3) is 0 Å². The van der Waals surface area contributed by atoms with Crippen LogP contribution in [0.1, 0.15) is 17.0 Å². The third kappa shape index (κ3) is 4.17. The summed E-state index contributed by atoms with van der Waals surface area (Å²) in [6.45, 7) is 2.68. The Morgan fingerprint density at radius 1 is 1.45 bits per heavy atom. The van der Waals surface area contributed by atoms with Gasteiger partial charge in [-0.2, -0.15) is 10.2 Å². The van der Waals surface area contributed by atoms with E-state index in [1.165, 1.54) is 5.56 Å². The van der Waals surface area contributed by atoms with Crippen LogP contribution in [0.3, 0.4) is 0 Å². The summed E-state index contributed by atoms with van der Waals surface area (Å²) in [5.41, 5.74) is 5.80. The SMILES string of the molecule is Cc1cc(C=NNC(=S)N(C)Cc2ccccc2)n[nH]1. The van der Waals surface area contributed by atoms with Gasteiger partial charge in [0, 0.05) is 19.3 Å².